The smallest absolute Gasteiger partial charge is 0.310 e. The molecule has 1 saturated heterocycles. The van der Waals surface area contributed by atoms with E-state index in [4.69, 9.17) is 4.74 Å². The molecule has 1 saturated carbocycles. The van der Waals surface area contributed by atoms with Crippen molar-refractivity contribution in [2.75, 3.05) is 11.5 Å². The molecule has 0 N–H and O–H groups in total. The van der Waals surface area contributed by atoms with Gasteiger partial charge in [0.1, 0.15) is 5.82 Å². The highest BCUT2D eigenvalue weighted by Gasteiger charge is 2.44. The van der Waals surface area contributed by atoms with Crippen LogP contribution in [0.25, 0.3) is 0 Å². The number of rotatable bonds is 3. The van der Waals surface area contributed by atoms with E-state index in [1.807, 2.05) is 0 Å². The van der Waals surface area contributed by atoms with Crippen molar-refractivity contribution in [1.29, 1.82) is 0 Å². The molecule has 0 amide bonds. The highest BCUT2D eigenvalue weighted by atomic mass is 19.1. The Labute approximate surface area is 97.6 Å². The van der Waals surface area contributed by atoms with E-state index in [9.17, 15) is 9.18 Å². The Morgan fingerprint density at radius 2 is 2.35 bits per heavy atom. The molecule has 6 heteroatoms. The first-order valence-electron chi connectivity index (χ1n) is 5.63. The van der Waals surface area contributed by atoms with Gasteiger partial charge in [-0.15, -0.1) is 0 Å². The van der Waals surface area contributed by atoms with Crippen LogP contribution in [0, 0.1) is 12.0 Å². The molecule has 1 aliphatic carbocycles. The Balaban J connectivity index is 1.93. The first-order chi connectivity index (χ1) is 8.29. The van der Waals surface area contributed by atoms with Crippen LogP contribution in [0.2, 0.25) is 0 Å². The fraction of sp³-hybridized carbons (Fsp3) is 0.545. The summed E-state index contributed by atoms with van der Waals surface area (Å²) in [6.45, 7) is 0.500. The summed E-state index contributed by atoms with van der Waals surface area (Å²) < 4.78 is 18.4. The molecule has 2 atom stereocenters. The lowest BCUT2D eigenvalue weighted by molar-refractivity contribution is -0.115. The van der Waals surface area contributed by atoms with E-state index in [-0.39, 0.29) is 6.04 Å². The number of aldehydes is 1. The third-order valence-electron chi connectivity index (χ3n) is 3.23. The largest absolute Gasteiger partial charge is 0.349 e. The Morgan fingerprint density at radius 1 is 1.53 bits per heavy atom. The lowest BCUT2D eigenvalue weighted by Crippen LogP contribution is -2.40. The second-order valence-corrected chi connectivity index (χ2v) is 4.36. The van der Waals surface area contributed by atoms with Crippen molar-refractivity contribution in [1.82, 2.24) is 9.97 Å². The molecule has 0 bridgehead atoms. The van der Waals surface area contributed by atoms with Crippen molar-refractivity contribution in [2.24, 2.45) is 5.92 Å². The molecule has 90 valence electrons. The van der Waals surface area contributed by atoms with Crippen LogP contribution >= 0.6 is 0 Å². The number of nitrogens with zero attached hydrogens (tertiary/aromatic N) is 3. The van der Waals surface area contributed by atoms with Crippen LogP contribution in [-0.4, -0.2) is 35.1 Å². The zero-order valence-electron chi connectivity index (χ0n) is 9.12. The average molecular weight is 237 g/mol. The molecule has 0 radical (unpaired) electrons. The molecule has 3 rings (SSSR count). The van der Waals surface area contributed by atoms with Gasteiger partial charge in [0.15, 0.2) is 12.5 Å². The van der Waals surface area contributed by atoms with Gasteiger partial charge in [-0.1, -0.05) is 0 Å². The third-order valence-corrected chi connectivity index (χ3v) is 3.23. The minimum atomic E-state index is -0.784. The van der Waals surface area contributed by atoms with E-state index in [0.29, 0.717) is 18.3 Å². The fourth-order valence-corrected chi connectivity index (χ4v) is 2.27. The Kier molecular flexibility index (Phi) is 2.51. The summed E-state index contributed by atoms with van der Waals surface area (Å²) in [7, 11) is 0. The Morgan fingerprint density at radius 3 is 3.00 bits per heavy atom. The summed E-state index contributed by atoms with van der Waals surface area (Å²) in [6.07, 6.45) is 2.89. The molecule has 5 nitrogen and oxygen atoms in total. The zero-order chi connectivity index (χ0) is 11.8. The number of carbonyl (C=O) groups is 1. The van der Waals surface area contributed by atoms with Crippen molar-refractivity contribution in [3.05, 3.63) is 18.3 Å². The van der Waals surface area contributed by atoms with Gasteiger partial charge in [0.05, 0.1) is 12.6 Å². The van der Waals surface area contributed by atoms with Crippen molar-refractivity contribution in [3.8, 4) is 0 Å². The van der Waals surface area contributed by atoms with Crippen LogP contribution in [0.15, 0.2) is 12.3 Å². The Hall–Kier alpha value is -1.56. The summed E-state index contributed by atoms with van der Waals surface area (Å²) in [5.74, 6) is 0.946. The van der Waals surface area contributed by atoms with Gasteiger partial charge in [0.2, 0.25) is 0 Å². The predicted octanol–water partition coefficient (Wildman–Crippen LogP) is 0.756. The maximum absolute atomic E-state index is 13.0. The topological polar surface area (TPSA) is 55.3 Å². The molecule has 17 heavy (non-hydrogen) atoms. The maximum Gasteiger partial charge on any atom is 0.310 e. The van der Waals surface area contributed by atoms with Crippen LogP contribution in [0.3, 0.4) is 0 Å². The lowest BCUT2D eigenvalue weighted by atomic mass is 10.2. The van der Waals surface area contributed by atoms with Gasteiger partial charge in [-0.05, 0) is 24.8 Å². The summed E-state index contributed by atoms with van der Waals surface area (Å²) >= 11 is 0. The Bertz CT molecular complexity index is 438. The van der Waals surface area contributed by atoms with Gasteiger partial charge < -0.3 is 9.64 Å². The molecular formula is C11H12FN3O2. The monoisotopic (exact) mass is 237 g/mol. The van der Waals surface area contributed by atoms with Crippen LogP contribution < -0.4 is 4.90 Å². The second kappa shape index (κ2) is 4.03. The standard InChI is InChI=1S/C11H12FN3O2/c12-11-13-4-3-9(14-11)15-8(7-1-2-7)6-17-10(15)5-16/h3-5,7-8,10H,1-2,6H2/t8-,10?/m1/s1. The first-order valence-corrected chi connectivity index (χ1v) is 5.63. The second-order valence-electron chi connectivity index (χ2n) is 4.36. The minimum Gasteiger partial charge on any atom is -0.349 e. The number of hydrogen-bond acceptors (Lipinski definition) is 5. The summed E-state index contributed by atoms with van der Waals surface area (Å²) in [4.78, 5) is 19.9. The van der Waals surface area contributed by atoms with Crippen LogP contribution in [-0.2, 0) is 9.53 Å². The van der Waals surface area contributed by atoms with Crippen molar-refractivity contribution in [3.63, 3.8) is 0 Å². The highest BCUT2D eigenvalue weighted by molar-refractivity contribution is 5.64. The predicted molar refractivity (Wildman–Crippen MR) is 56.8 cm³/mol. The maximum atomic E-state index is 13.0. The summed E-state index contributed by atoms with van der Waals surface area (Å²) in [6, 6.07) is 1.73. The van der Waals surface area contributed by atoms with E-state index >= 15 is 0 Å². The molecule has 1 aromatic heterocycles. The first kappa shape index (κ1) is 10.6. The van der Waals surface area contributed by atoms with E-state index in [1.165, 1.54) is 6.20 Å². The van der Waals surface area contributed by atoms with E-state index in [2.05, 4.69) is 9.97 Å². The normalized spacial score (nSPS) is 28.4. The molecule has 2 aliphatic rings. The van der Waals surface area contributed by atoms with E-state index < -0.39 is 12.3 Å². The van der Waals surface area contributed by atoms with Gasteiger partial charge in [0, 0.05) is 6.20 Å². The molecule has 0 aromatic carbocycles. The number of carbonyl (C=O) groups excluding carboxylic acids is 1. The van der Waals surface area contributed by atoms with Gasteiger partial charge in [-0.3, -0.25) is 4.79 Å². The van der Waals surface area contributed by atoms with Gasteiger partial charge in [-0.2, -0.15) is 9.37 Å². The van der Waals surface area contributed by atoms with Gasteiger partial charge >= 0.3 is 6.08 Å². The van der Waals surface area contributed by atoms with Crippen LogP contribution in [0.4, 0.5) is 10.2 Å². The zero-order valence-corrected chi connectivity index (χ0v) is 9.12. The molecular weight excluding hydrogens is 225 g/mol. The number of hydrogen-bond donors (Lipinski definition) is 0. The number of aromatic nitrogens is 2. The van der Waals surface area contributed by atoms with E-state index in [0.717, 1.165) is 19.1 Å². The number of anilines is 1. The van der Waals surface area contributed by atoms with E-state index in [1.54, 1.807) is 11.0 Å². The SMILES string of the molecule is O=CC1OC[C@H](C2CC2)N1c1ccnc(F)n1. The van der Waals surface area contributed by atoms with Crippen molar-refractivity contribution >= 4 is 12.1 Å². The van der Waals surface area contributed by atoms with Crippen LogP contribution in [0.1, 0.15) is 12.8 Å². The van der Waals surface area contributed by atoms with Gasteiger partial charge in [-0.25, -0.2) is 4.98 Å². The molecule has 1 aromatic rings. The molecule has 1 unspecified atom stereocenters. The highest BCUT2D eigenvalue weighted by Crippen LogP contribution is 2.40. The molecule has 1 aliphatic heterocycles. The lowest BCUT2D eigenvalue weighted by Gasteiger charge is -2.26. The van der Waals surface area contributed by atoms with Crippen molar-refractivity contribution in [2.45, 2.75) is 25.1 Å². The minimum absolute atomic E-state index is 0.125. The summed E-state index contributed by atoms with van der Waals surface area (Å²) in [5, 5.41) is 0. The third kappa shape index (κ3) is 1.88. The quantitative estimate of drug-likeness (QED) is 0.573. The number of ether oxygens (including phenoxy) is 1. The van der Waals surface area contributed by atoms with Gasteiger partial charge in [0.25, 0.3) is 0 Å². The van der Waals surface area contributed by atoms with Crippen LogP contribution in [0.5, 0.6) is 0 Å². The number of halogens is 1. The van der Waals surface area contributed by atoms with Crippen molar-refractivity contribution < 1.29 is 13.9 Å². The molecule has 2 heterocycles. The average Bonchev–Trinajstić information content (AvgIpc) is 3.08. The summed E-state index contributed by atoms with van der Waals surface area (Å²) in [5.41, 5.74) is 0. The fourth-order valence-electron chi connectivity index (χ4n) is 2.27. The molecule has 0 spiro atoms. The molecule has 2 fully saturated rings.